The Labute approximate surface area is 113 Å². The van der Waals surface area contributed by atoms with Crippen molar-refractivity contribution >= 4 is 5.95 Å². The van der Waals surface area contributed by atoms with Gasteiger partial charge in [-0.25, -0.2) is 13.8 Å². The summed E-state index contributed by atoms with van der Waals surface area (Å²) in [5.41, 5.74) is 1.71. The van der Waals surface area contributed by atoms with Gasteiger partial charge in [0.05, 0.1) is 5.69 Å². The summed E-state index contributed by atoms with van der Waals surface area (Å²) in [4.78, 5) is 18.7. The highest BCUT2D eigenvalue weighted by atomic mass is 19.1. The van der Waals surface area contributed by atoms with E-state index in [2.05, 4.69) is 15.3 Å². The van der Waals surface area contributed by atoms with E-state index in [0.29, 0.717) is 11.5 Å². The van der Waals surface area contributed by atoms with E-state index in [1.54, 1.807) is 0 Å². The molecule has 0 bridgehead atoms. The second-order valence-corrected chi connectivity index (χ2v) is 4.78. The van der Waals surface area contributed by atoms with E-state index in [4.69, 9.17) is 0 Å². The monoisotopic (exact) mass is 277 g/mol. The lowest BCUT2D eigenvalue weighted by molar-refractivity contribution is 0.574. The van der Waals surface area contributed by atoms with E-state index >= 15 is 0 Å². The summed E-state index contributed by atoms with van der Waals surface area (Å²) in [7, 11) is 0. The Kier molecular flexibility index (Phi) is 3.22. The molecule has 1 aromatic carbocycles. The zero-order valence-electron chi connectivity index (χ0n) is 10.7. The topological polar surface area (TPSA) is 57.8 Å². The van der Waals surface area contributed by atoms with Crippen molar-refractivity contribution in [2.75, 3.05) is 5.32 Å². The predicted octanol–water partition coefficient (Wildman–Crippen LogP) is 2.15. The van der Waals surface area contributed by atoms with Crippen LogP contribution in [-0.4, -0.2) is 9.97 Å². The summed E-state index contributed by atoms with van der Waals surface area (Å²) in [6.45, 7) is 0.133. The molecule has 20 heavy (non-hydrogen) atoms. The third-order valence-electron chi connectivity index (χ3n) is 3.40. The van der Waals surface area contributed by atoms with E-state index in [9.17, 15) is 13.6 Å². The third kappa shape index (κ3) is 2.41. The Morgan fingerprint density at radius 1 is 1.30 bits per heavy atom. The number of nitrogens with one attached hydrogen (secondary N) is 2. The van der Waals surface area contributed by atoms with Crippen molar-refractivity contribution in [3.05, 3.63) is 57.0 Å². The molecule has 1 aliphatic carbocycles. The molecular weight excluding hydrogens is 264 g/mol. The van der Waals surface area contributed by atoms with E-state index in [0.717, 1.165) is 36.6 Å². The quantitative estimate of drug-likeness (QED) is 0.903. The van der Waals surface area contributed by atoms with E-state index in [1.165, 1.54) is 12.1 Å². The largest absolute Gasteiger partial charge is 0.352 e. The Bertz CT molecular complexity index is 712. The molecule has 0 unspecified atom stereocenters. The fourth-order valence-electron chi connectivity index (χ4n) is 2.37. The highest BCUT2D eigenvalue weighted by molar-refractivity contribution is 5.33. The van der Waals surface area contributed by atoms with Gasteiger partial charge in [0.1, 0.15) is 11.6 Å². The van der Waals surface area contributed by atoms with Gasteiger partial charge in [0.15, 0.2) is 0 Å². The van der Waals surface area contributed by atoms with Crippen LogP contribution < -0.4 is 10.9 Å². The first-order valence-corrected chi connectivity index (χ1v) is 6.43. The van der Waals surface area contributed by atoms with Crippen LogP contribution in [0.4, 0.5) is 14.7 Å². The summed E-state index contributed by atoms with van der Waals surface area (Å²) >= 11 is 0. The minimum absolute atomic E-state index is 0.133. The van der Waals surface area contributed by atoms with Crippen molar-refractivity contribution in [3.63, 3.8) is 0 Å². The minimum atomic E-state index is -0.624. The first-order chi connectivity index (χ1) is 9.63. The maximum atomic E-state index is 13.5. The molecule has 4 nitrogen and oxygen atoms in total. The molecule has 0 fully saturated rings. The highest BCUT2D eigenvalue weighted by Gasteiger charge is 2.17. The number of H-pyrrole nitrogens is 1. The number of fused-ring (bicyclic) bond motifs is 1. The van der Waals surface area contributed by atoms with Gasteiger partial charge in [-0.15, -0.1) is 0 Å². The van der Waals surface area contributed by atoms with Gasteiger partial charge in [-0.3, -0.25) is 9.78 Å². The molecule has 3 rings (SSSR count). The number of nitrogens with zero attached hydrogens (tertiary/aromatic N) is 1. The van der Waals surface area contributed by atoms with Crippen LogP contribution in [0.25, 0.3) is 0 Å². The summed E-state index contributed by atoms with van der Waals surface area (Å²) in [5, 5.41) is 2.86. The van der Waals surface area contributed by atoms with Crippen molar-refractivity contribution < 1.29 is 8.78 Å². The maximum Gasteiger partial charge on any atom is 0.255 e. The van der Waals surface area contributed by atoms with Crippen LogP contribution in [0.1, 0.15) is 23.2 Å². The number of benzene rings is 1. The summed E-state index contributed by atoms with van der Waals surface area (Å²) in [5.74, 6) is -0.921. The van der Waals surface area contributed by atoms with Crippen LogP contribution in [0.15, 0.2) is 23.0 Å². The second-order valence-electron chi connectivity index (χ2n) is 4.78. The first-order valence-electron chi connectivity index (χ1n) is 6.43. The summed E-state index contributed by atoms with van der Waals surface area (Å²) in [6, 6.07) is 3.39. The molecular formula is C14H13F2N3O. The third-order valence-corrected chi connectivity index (χ3v) is 3.40. The summed E-state index contributed by atoms with van der Waals surface area (Å²) in [6.07, 6.45) is 2.48. The van der Waals surface area contributed by atoms with Gasteiger partial charge in [0.25, 0.3) is 5.56 Å². The Morgan fingerprint density at radius 3 is 2.95 bits per heavy atom. The normalized spacial score (nSPS) is 13.3. The average molecular weight is 277 g/mol. The van der Waals surface area contributed by atoms with Crippen molar-refractivity contribution in [2.45, 2.75) is 25.8 Å². The van der Waals surface area contributed by atoms with Crippen LogP contribution in [0.3, 0.4) is 0 Å². The Morgan fingerprint density at radius 2 is 2.15 bits per heavy atom. The predicted molar refractivity (Wildman–Crippen MR) is 70.6 cm³/mol. The fourth-order valence-corrected chi connectivity index (χ4v) is 2.37. The average Bonchev–Trinajstić information content (AvgIpc) is 2.86. The van der Waals surface area contributed by atoms with Crippen LogP contribution in [0.2, 0.25) is 0 Å². The minimum Gasteiger partial charge on any atom is -0.352 e. The van der Waals surface area contributed by atoms with Crippen LogP contribution in [0, 0.1) is 11.6 Å². The molecule has 0 radical (unpaired) electrons. The van der Waals surface area contributed by atoms with Crippen molar-refractivity contribution in [1.29, 1.82) is 0 Å². The fraction of sp³-hybridized carbons (Fsp3) is 0.286. The summed E-state index contributed by atoms with van der Waals surface area (Å²) < 4.78 is 26.3. The van der Waals surface area contributed by atoms with E-state index in [1.807, 2.05) is 0 Å². The van der Waals surface area contributed by atoms with Gasteiger partial charge in [-0.05, 0) is 25.3 Å². The van der Waals surface area contributed by atoms with Gasteiger partial charge in [-0.2, -0.15) is 0 Å². The van der Waals surface area contributed by atoms with Crippen molar-refractivity contribution in [2.24, 2.45) is 0 Å². The van der Waals surface area contributed by atoms with Gasteiger partial charge in [0, 0.05) is 23.7 Å². The van der Waals surface area contributed by atoms with Crippen LogP contribution in [-0.2, 0) is 19.4 Å². The van der Waals surface area contributed by atoms with E-state index < -0.39 is 11.6 Å². The molecule has 6 heteroatoms. The molecule has 2 aromatic rings. The number of halogens is 2. The number of hydrogen-bond donors (Lipinski definition) is 2. The smallest absolute Gasteiger partial charge is 0.255 e. The van der Waals surface area contributed by atoms with Crippen molar-refractivity contribution in [1.82, 2.24) is 9.97 Å². The lowest BCUT2D eigenvalue weighted by atomic mass is 10.2. The molecule has 0 aliphatic heterocycles. The standard InChI is InChI=1S/C14H13F2N3O/c15-9-5-4-8(11(16)6-9)7-17-14-18-12-3-1-2-10(12)13(20)19-14/h4-6H,1-3,7H2,(H2,17,18,19,20). The molecule has 1 aromatic heterocycles. The number of hydrogen-bond acceptors (Lipinski definition) is 3. The van der Waals surface area contributed by atoms with Crippen molar-refractivity contribution in [3.8, 4) is 0 Å². The molecule has 0 spiro atoms. The second kappa shape index (κ2) is 5.03. The first kappa shape index (κ1) is 12.8. The van der Waals surface area contributed by atoms with Gasteiger partial charge in [0.2, 0.25) is 5.95 Å². The number of aromatic nitrogens is 2. The van der Waals surface area contributed by atoms with Crippen LogP contribution in [0.5, 0.6) is 0 Å². The van der Waals surface area contributed by atoms with Crippen LogP contribution >= 0.6 is 0 Å². The molecule has 0 atom stereocenters. The maximum absolute atomic E-state index is 13.5. The van der Waals surface area contributed by atoms with E-state index in [-0.39, 0.29) is 12.1 Å². The van der Waals surface area contributed by atoms with Gasteiger partial charge in [-0.1, -0.05) is 6.07 Å². The molecule has 2 N–H and O–H groups in total. The Balaban J connectivity index is 1.79. The lowest BCUT2D eigenvalue weighted by Crippen LogP contribution is -2.17. The number of aromatic amines is 1. The highest BCUT2D eigenvalue weighted by Crippen LogP contribution is 2.17. The molecule has 0 saturated heterocycles. The number of rotatable bonds is 3. The molecule has 0 saturated carbocycles. The lowest BCUT2D eigenvalue weighted by Gasteiger charge is -2.08. The number of anilines is 1. The van der Waals surface area contributed by atoms with Gasteiger partial charge < -0.3 is 5.32 Å². The molecule has 1 aliphatic rings. The molecule has 104 valence electrons. The Hall–Kier alpha value is -2.24. The number of aryl methyl sites for hydroxylation is 1. The molecule has 0 amide bonds. The molecule has 1 heterocycles. The zero-order valence-corrected chi connectivity index (χ0v) is 10.7. The SMILES string of the molecule is O=c1[nH]c(NCc2ccc(F)cc2F)nc2c1CCC2. The zero-order chi connectivity index (χ0) is 14.1. The van der Waals surface area contributed by atoms with Gasteiger partial charge >= 0.3 is 0 Å².